The third-order valence-corrected chi connectivity index (χ3v) is 7.01. The fourth-order valence-electron chi connectivity index (χ4n) is 5.40. The first-order valence-electron chi connectivity index (χ1n) is 11.2. The van der Waals surface area contributed by atoms with Crippen LogP contribution in [0.5, 0.6) is 0 Å². The molecule has 5 rings (SSSR count). The molecule has 0 aliphatic carbocycles. The van der Waals surface area contributed by atoms with E-state index in [1.54, 1.807) is 0 Å². The molecule has 154 valence electrons. The van der Waals surface area contributed by atoms with Gasteiger partial charge in [-0.25, -0.2) is 0 Å². The molecule has 3 heterocycles. The fourth-order valence-corrected chi connectivity index (χ4v) is 5.40. The minimum absolute atomic E-state index is 0.226. The maximum atomic E-state index is 6.21. The van der Waals surface area contributed by atoms with Crippen molar-refractivity contribution < 1.29 is 4.74 Å². The van der Waals surface area contributed by atoms with Gasteiger partial charge in [0, 0.05) is 50.0 Å². The fraction of sp³-hybridized carbons (Fsp3) is 0.520. The number of morpholine rings is 1. The van der Waals surface area contributed by atoms with Crippen molar-refractivity contribution in [2.24, 2.45) is 0 Å². The predicted molar refractivity (Wildman–Crippen MR) is 118 cm³/mol. The molecule has 2 aromatic rings. The van der Waals surface area contributed by atoms with E-state index in [-0.39, 0.29) is 6.10 Å². The maximum absolute atomic E-state index is 6.21. The number of benzene rings is 2. The molecular formula is C25H33N3O. The van der Waals surface area contributed by atoms with Crippen molar-refractivity contribution in [3.63, 3.8) is 0 Å². The lowest BCUT2D eigenvalue weighted by molar-refractivity contribution is -0.0502. The summed E-state index contributed by atoms with van der Waals surface area (Å²) in [5.41, 5.74) is 4.11. The van der Waals surface area contributed by atoms with Crippen molar-refractivity contribution >= 4 is 5.69 Å². The number of rotatable bonds is 4. The van der Waals surface area contributed by atoms with E-state index in [4.69, 9.17) is 4.74 Å². The standard InChI is InChI=1S/C25H33N3O/c1-19-7-5-6-10-24(19)27-13-11-21(12-14-27)26-22-15-23-18-29-25(17-28(23)16-22)20-8-3-2-4-9-20/h2-10,21-23,25-26H,11-18H2,1H3/t22-,23+,25-/m1/s1. The topological polar surface area (TPSA) is 27.7 Å². The van der Waals surface area contributed by atoms with Gasteiger partial charge in [0.15, 0.2) is 0 Å². The van der Waals surface area contributed by atoms with Crippen LogP contribution in [0, 0.1) is 6.92 Å². The van der Waals surface area contributed by atoms with Gasteiger partial charge in [0.05, 0.1) is 12.7 Å². The van der Waals surface area contributed by atoms with E-state index < -0.39 is 0 Å². The summed E-state index contributed by atoms with van der Waals surface area (Å²) in [5, 5.41) is 3.99. The van der Waals surface area contributed by atoms with Gasteiger partial charge >= 0.3 is 0 Å². The summed E-state index contributed by atoms with van der Waals surface area (Å²) >= 11 is 0. The highest BCUT2D eigenvalue weighted by Crippen LogP contribution is 2.31. The number of hydrogen-bond acceptors (Lipinski definition) is 4. The number of ether oxygens (including phenoxy) is 1. The van der Waals surface area contributed by atoms with Gasteiger partial charge < -0.3 is 15.0 Å². The highest BCUT2D eigenvalue weighted by molar-refractivity contribution is 5.53. The average Bonchev–Trinajstić information content (AvgIpc) is 3.17. The molecule has 3 aliphatic rings. The second-order valence-corrected chi connectivity index (χ2v) is 8.99. The van der Waals surface area contributed by atoms with Crippen LogP contribution >= 0.6 is 0 Å². The Balaban J connectivity index is 1.12. The summed E-state index contributed by atoms with van der Waals surface area (Å²) in [6.07, 6.45) is 3.92. The zero-order valence-electron chi connectivity index (χ0n) is 17.5. The molecule has 0 saturated carbocycles. The van der Waals surface area contributed by atoms with E-state index in [9.17, 15) is 0 Å². The van der Waals surface area contributed by atoms with Gasteiger partial charge in [0.1, 0.15) is 0 Å². The number of fused-ring (bicyclic) bond motifs is 1. The van der Waals surface area contributed by atoms with Crippen LogP contribution < -0.4 is 10.2 Å². The Labute approximate surface area is 174 Å². The third-order valence-electron chi connectivity index (χ3n) is 7.01. The molecular weight excluding hydrogens is 358 g/mol. The van der Waals surface area contributed by atoms with Crippen LogP contribution in [-0.4, -0.2) is 55.8 Å². The Morgan fingerprint density at radius 2 is 1.66 bits per heavy atom. The Morgan fingerprint density at radius 3 is 2.45 bits per heavy atom. The van der Waals surface area contributed by atoms with Crippen molar-refractivity contribution in [1.82, 2.24) is 10.2 Å². The smallest absolute Gasteiger partial charge is 0.0952 e. The molecule has 4 nitrogen and oxygen atoms in total. The molecule has 0 unspecified atom stereocenters. The molecule has 0 spiro atoms. The van der Waals surface area contributed by atoms with Crippen LogP contribution in [0.3, 0.4) is 0 Å². The molecule has 2 aromatic carbocycles. The molecule has 1 N–H and O–H groups in total. The summed E-state index contributed by atoms with van der Waals surface area (Å²) in [6.45, 7) is 7.58. The summed E-state index contributed by atoms with van der Waals surface area (Å²) in [7, 11) is 0. The summed E-state index contributed by atoms with van der Waals surface area (Å²) in [6, 6.07) is 21.3. The van der Waals surface area contributed by atoms with Crippen LogP contribution in [0.25, 0.3) is 0 Å². The lowest BCUT2D eigenvalue weighted by Crippen LogP contribution is -2.47. The molecule has 0 amide bonds. The number of aryl methyl sites for hydroxylation is 1. The Kier molecular flexibility index (Phi) is 5.58. The number of piperidine rings is 1. The number of anilines is 1. The van der Waals surface area contributed by atoms with Gasteiger partial charge in [-0.3, -0.25) is 4.90 Å². The second kappa shape index (κ2) is 8.47. The van der Waals surface area contributed by atoms with Gasteiger partial charge in [-0.15, -0.1) is 0 Å². The van der Waals surface area contributed by atoms with E-state index in [1.165, 1.54) is 36.1 Å². The minimum atomic E-state index is 0.226. The molecule has 3 fully saturated rings. The molecule has 3 aliphatic heterocycles. The quantitative estimate of drug-likeness (QED) is 0.859. The zero-order valence-corrected chi connectivity index (χ0v) is 17.5. The summed E-state index contributed by atoms with van der Waals surface area (Å²) < 4.78 is 6.21. The Hall–Kier alpha value is -1.88. The van der Waals surface area contributed by atoms with E-state index in [2.05, 4.69) is 76.6 Å². The van der Waals surface area contributed by atoms with E-state index in [1.807, 2.05) is 0 Å². The van der Waals surface area contributed by atoms with E-state index in [0.717, 1.165) is 32.8 Å². The molecule has 4 heteroatoms. The highest BCUT2D eigenvalue weighted by atomic mass is 16.5. The van der Waals surface area contributed by atoms with Crippen LogP contribution in [0.15, 0.2) is 54.6 Å². The lowest BCUT2D eigenvalue weighted by atomic mass is 10.0. The van der Waals surface area contributed by atoms with Crippen molar-refractivity contribution in [3.8, 4) is 0 Å². The monoisotopic (exact) mass is 391 g/mol. The average molecular weight is 392 g/mol. The SMILES string of the molecule is Cc1ccccc1N1CCC(N[C@@H]2C[C@H]3CO[C@@H](c4ccccc4)CN3C2)CC1. The lowest BCUT2D eigenvalue weighted by Gasteiger charge is -2.36. The summed E-state index contributed by atoms with van der Waals surface area (Å²) in [4.78, 5) is 5.21. The predicted octanol–water partition coefficient (Wildman–Crippen LogP) is 3.77. The van der Waals surface area contributed by atoms with Crippen LogP contribution in [0.1, 0.15) is 36.5 Å². The number of hydrogen-bond donors (Lipinski definition) is 1. The number of nitrogens with zero attached hydrogens (tertiary/aromatic N) is 2. The summed E-state index contributed by atoms with van der Waals surface area (Å²) in [5.74, 6) is 0. The Bertz CT molecular complexity index is 803. The van der Waals surface area contributed by atoms with Crippen LogP contribution in [0.2, 0.25) is 0 Å². The van der Waals surface area contributed by atoms with Gasteiger partial charge in [0.25, 0.3) is 0 Å². The molecule has 0 radical (unpaired) electrons. The van der Waals surface area contributed by atoms with Crippen molar-refractivity contribution in [1.29, 1.82) is 0 Å². The normalized spacial score (nSPS) is 28.4. The van der Waals surface area contributed by atoms with Crippen molar-refractivity contribution in [2.75, 3.05) is 37.7 Å². The van der Waals surface area contributed by atoms with Gasteiger partial charge in [0.2, 0.25) is 0 Å². The van der Waals surface area contributed by atoms with Crippen molar-refractivity contribution in [2.45, 2.75) is 50.4 Å². The first-order valence-corrected chi connectivity index (χ1v) is 11.2. The maximum Gasteiger partial charge on any atom is 0.0952 e. The van der Waals surface area contributed by atoms with Gasteiger partial charge in [-0.05, 0) is 43.4 Å². The van der Waals surface area contributed by atoms with Gasteiger partial charge in [-0.2, -0.15) is 0 Å². The number of nitrogens with one attached hydrogen (secondary N) is 1. The third kappa shape index (κ3) is 4.20. The van der Waals surface area contributed by atoms with Crippen molar-refractivity contribution in [3.05, 3.63) is 65.7 Å². The second-order valence-electron chi connectivity index (χ2n) is 8.99. The van der Waals surface area contributed by atoms with Gasteiger partial charge in [-0.1, -0.05) is 48.5 Å². The largest absolute Gasteiger partial charge is 0.371 e. The number of para-hydroxylation sites is 1. The van der Waals surface area contributed by atoms with E-state index in [0.29, 0.717) is 18.1 Å². The first-order chi connectivity index (χ1) is 14.3. The van der Waals surface area contributed by atoms with Crippen LogP contribution in [0.4, 0.5) is 5.69 Å². The highest BCUT2D eigenvalue weighted by Gasteiger charge is 2.38. The molecule has 3 saturated heterocycles. The first kappa shape index (κ1) is 19.1. The molecule has 0 bridgehead atoms. The van der Waals surface area contributed by atoms with E-state index >= 15 is 0 Å². The minimum Gasteiger partial charge on any atom is -0.371 e. The Morgan fingerprint density at radius 1 is 0.897 bits per heavy atom. The molecule has 29 heavy (non-hydrogen) atoms. The zero-order chi connectivity index (χ0) is 19.6. The van der Waals surface area contributed by atoms with Crippen LogP contribution in [-0.2, 0) is 4.74 Å². The molecule has 0 aromatic heterocycles. The molecule has 3 atom stereocenters.